The predicted molar refractivity (Wildman–Crippen MR) is 70.2 cm³/mol. The lowest BCUT2D eigenvalue weighted by Crippen LogP contribution is -2.00. The van der Waals surface area contributed by atoms with Crippen molar-refractivity contribution in [2.45, 2.75) is 6.42 Å². The second-order valence-electron chi connectivity index (χ2n) is 3.93. The highest BCUT2D eigenvalue weighted by molar-refractivity contribution is 5.92. The van der Waals surface area contributed by atoms with Crippen LogP contribution in [0.2, 0.25) is 0 Å². The number of pyridine rings is 1. The Morgan fingerprint density at radius 3 is 2.67 bits per heavy atom. The molecule has 0 aliphatic carbocycles. The van der Waals surface area contributed by atoms with Crippen LogP contribution in [0.3, 0.4) is 0 Å². The van der Waals surface area contributed by atoms with E-state index in [0.717, 1.165) is 16.7 Å². The van der Waals surface area contributed by atoms with Gasteiger partial charge in [0.15, 0.2) is 5.78 Å². The Kier molecular flexibility index (Phi) is 3.53. The van der Waals surface area contributed by atoms with Crippen molar-refractivity contribution in [3.63, 3.8) is 0 Å². The summed E-state index contributed by atoms with van der Waals surface area (Å²) in [4.78, 5) is 15.5. The van der Waals surface area contributed by atoms with Crippen molar-refractivity contribution >= 4 is 5.78 Å². The van der Waals surface area contributed by atoms with Crippen molar-refractivity contribution in [2.24, 2.45) is 0 Å². The second-order valence-corrected chi connectivity index (χ2v) is 3.93. The van der Waals surface area contributed by atoms with E-state index in [0.29, 0.717) is 0 Å². The van der Waals surface area contributed by atoms with Gasteiger partial charge in [0.2, 0.25) is 0 Å². The summed E-state index contributed by atoms with van der Waals surface area (Å²) in [6.45, 7) is 3.47. The summed E-state index contributed by atoms with van der Waals surface area (Å²) in [6, 6.07) is 8.72. The van der Waals surface area contributed by atoms with Gasteiger partial charge in [-0.05, 0) is 41.0 Å². The van der Waals surface area contributed by atoms with Gasteiger partial charge in [-0.25, -0.2) is 0 Å². The van der Waals surface area contributed by atoms with Gasteiger partial charge in [-0.2, -0.15) is 0 Å². The molecule has 0 amide bonds. The van der Waals surface area contributed by atoms with E-state index in [1.165, 1.54) is 6.08 Å². The fourth-order valence-electron chi connectivity index (χ4n) is 1.75. The van der Waals surface area contributed by atoms with Gasteiger partial charge in [0.1, 0.15) is 5.75 Å². The minimum Gasteiger partial charge on any atom is -0.508 e. The fraction of sp³-hybridized carbons (Fsp3) is 0.0667. The summed E-state index contributed by atoms with van der Waals surface area (Å²) >= 11 is 0. The summed E-state index contributed by atoms with van der Waals surface area (Å²) in [5.41, 5.74) is 2.75. The number of aromatic hydroxyl groups is 1. The van der Waals surface area contributed by atoms with Crippen LogP contribution in [0.4, 0.5) is 0 Å². The molecule has 0 fully saturated rings. The van der Waals surface area contributed by atoms with Crippen molar-refractivity contribution in [3.8, 4) is 16.9 Å². The largest absolute Gasteiger partial charge is 0.508 e. The predicted octanol–water partition coefficient (Wildman–Crippen LogP) is 2.75. The van der Waals surface area contributed by atoms with Crippen LogP contribution in [0.25, 0.3) is 11.1 Å². The summed E-state index contributed by atoms with van der Waals surface area (Å²) in [5.74, 6) is 0.180. The highest BCUT2D eigenvalue weighted by atomic mass is 16.3. The maximum Gasteiger partial charge on any atom is 0.159 e. The van der Waals surface area contributed by atoms with E-state index in [1.54, 1.807) is 24.5 Å². The van der Waals surface area contributed by atoms with Crippen molar-refractivity contribution in [3.05, 3.63) is 60.9 Å². The molecular weight excluding hydrogens is 226 g/mol. The average molecular weight is 239 g/mol. The number of rotatable bonds is 4. The standard InChI is InChI=1S/C15H13NO2/c1-2-13(17)9-12-10-16-8-7-15(12)11-3-5-14(18)6-4-11/h2-8,10,18H,1,9H2. The number of carbonyl (C=O) groups excluding carboxylic acids is 1. The van der Waals surface area contributed by atoms with Crippen molar-refractivity contribution in [1.82, 2.24) is 4.98 Å². The Hall–Kier alpha value is -2.42. The van der Waals surface area contributed by atoms with Crippen LogP contribution in [-0.4, -0.2) is 15.9 Å². The van der Waals surface area contributed by atoms with Crippen molar-refractivity contribution in [2.75, 3.05) is 0 Å². The van der Waals surface area contributed by atoms with E-state index < -0.39 is 0 Å². The normalized spacial score (nSPS) is 10.0. The molecule has 2 rings (SSSR count). The minimum absolute atomic E-state index is 0.0389. The van der Waals surface area contributed by atoms with Crippen LogP contribution in [0.1, 0.15) is 5.56 Å². The number of ketones is 1. The molecule has 3 heteroatoms. The molecule has 18 heavy (non-hydrogen) atoms. The molecule has 3 nitrogen and oxygen atoms in total. The quantitative estimate of drug-likeness (QED) is 0.834. The molecular formula is C15H13NO2. The fourth-order valence-corrected chi connectivity index (χ4v) is 1.75. The van der Waals surface area contributed by atoms with E-state index in [-0.39, 0.29) is 18.0 Å². The molecule has 90 valence electrons. The number of carbonyl (C=O) groups is 1. The third-order valence-corrected chi connectivity index (χ3v) is 2.67. The number of hydrogen-bond acceptors (Lipinski definition) is 3. The van der Waals surface area contributed by atoms with Crippen molar-refractivity contribution < 1.29 is 9.90 Å². The zero-order chi connectivity index (χ0) is 13.0. The number of aromatic nitrogens is 1. The van der Waals surface area contributed by atoms with Gasteiger partial charge in [0, 0.05) is 18.8 Å². The van der Waals surface area contributed by atoms with Gasteiger partial charge in [-0.3, -0.25) is 9.78 Å². The average Bonchev–Trinajstić information content (AvgIpc) is 2.40. The zero-order valence-electron chi connectivity index (χ0n) is 9.84. The van der Waals surface area contributed by atoms with Gasteiger partial charge in [0.05, 0.1) is 0 Å². The maximum atomic E-state index is 11.4. The monoisotopic (exact) mass is 239 g/mol. The van der Waals surface area contributed by atoms with Crippen LogP contribution in [-0.2, 0) is 11.2 Å². The highest BCUT2D eigenvalue weighted by Crippen LogP contribution is 2.25. The molecule has 1 aromatic heterocycles. The molecule has 0 unspecified atom stereocenters. The van der Waals surface area contributed by atoms with Crippen molar-refractivity contribution in [1.29, 1.82) is 0 Å². The molecule has 0 aliphatic heterocycles. The van der Waals surface area contributed by atoms with Gasteiger partial charge in [-0.15, -0.1) is 0 Å². The molecule has 1 heterocycles. The van der Waals surface area contributed by atoms with Crippen LogP contribution in [0.5, 0.6) is 5.75 Å². The third kappa shape index (κ3) is 2.63. The third-order valence-electron chi connectivity index (χ3n) is 2.67. The number of hydrogen-bond donors (Lipinski definition) is 1. The smallest absolute Gasteiger partial charge is 0.159 e. The van der Waals surface area contributed by atoms with Gasteiger partial charge in [-0.1, -0.05) is 18.7 Å². The highest BCUT2D eigenvalue weighted by Gasteiger charge is 2.07. The lowest BCUT2D eigenvalue weighted by Gasteiger charge is -2.07. The van der Waals surface area contributed by atoms with E-state index >= 15 is 0 Å². The first kappa shape index (κ1) is 12.0. The maximum absolute atomic E-state index is 11.4. The van der Waals surface area contributed by atoms with Gasteiger partial charge in [0.25, 0.3) is 0 Å². The Bertz CT molecular complexity index is 573. The molecule has 0 atom stereocenters. The molecule has 0 bridgehead atoms. The molecule has 0 aliphatic rings. The lowest BCUT2D eigenvalue weighted by atomic mass is 9.98. The Morgan fingerprint density at radius 2 is 2.00 bits per heavy atom. The first-order valence-corrected chi connectivity index (χ1v) is 5.58. The Labute approximate surface area is 105 Å². The van der Waals surface area contributed by atoms with Crippen LogP contribution >= 0.6 is 0 Å². The first-order chi connectivity index (χ1) is 8.70. The Balaban J connectivity index is 2.41. The van der Waals surface area contributed by atoms with E-state index in [4.69, 9.17) is 0 Å². The number of benzene rings is 1. The minimum atomic E-state index is -0.0389. The number of allylic oxidation sites excluding steroid dienone is 1. The summed E-state index contributed by atoms with van der Waals surface area (Å²) in [7, 11) is 0. The first-order valence-electron chi connectivity index (χ1n) is 5.58. The molecule has 2 aromatic rings. The van der Waals surface area contributed by atoms with Crippen LogP contribution < -0.4 is 0 Å². The number of nitrogens with zero attached hydrogens (tertiary/aromatic N) is 1. The van der Waals surface area contributed by atoms with E-state index in [2.05, 4.69) is 11.6 Å². The molecule has 1 N–H and O–H groups in total. The zero-order valence-corrected chi connectivity index (χ0v) is 9.84. The van der Waals surface area contributed by atoms with E-state index in [9.17, 15) is 9.90 Å². The summed E-state index contributed by atoms with van der Waals surface area (Å²) in [5, 5.41) is 9.28. The molecule has 0 saturated heterocycles. The second kappa shape index (κ2) is 5.27. The SMILES string of the molecule is C=CC(=O)Cc1cnccc1-c1ccc(O)cc1. The van der Waals surface area contributed by atoms with E-state index in [1.807, 2.05) is 18.2 Å². The molecule has 0 spiro atoms. The molecule has 0 saturated carbocycles. The molecule has 0 radical (unpaired) electrons. The van der Waals surface area contributed by atoms with Crippen LogP contribution in [0, 0.1) is 0 Å². The topological polar surface area (TPSA) is 50.2 Å². The van der Waals surface area contributed by atoms with Gasteiger partial charge >= 0.3 is 0 Å². The summed E-state index contributed by atoms with van der Waals surface area (Å²) in [6.07, 6.45) is 4.97. The Morgan fingerprint density at radius 1 is 1.28 bits per heavy atom. The number of phenols is 1. The lowest BCUT2D eigenvalue weighted by molar-refractivity contribution is -0.114. The number of phenolic OH excluding ortho intramolecular Hbond substituents is 1. The molecule has 1 aromatic carbocycles. The van der Waals surface area contributed by atoms with Crippen LogP contribution in [0.15, 0.2) is 55.4 Å². The van der Waals surface area contributed by atoms with Gasteiger partial charge < -0.3 is 5.11 Å². The summed E-state index contributed by atoms with van der Waals surface area (Å²) < 4.78 is 0.